The Kier molecular flexibility index (Phi) is 3.55. The maximum Gasteiger partial charge on any atom is 0.220 e. The van der Waals surface area contributed by atoms with Crippen molar-refractivity contribution < 1.29 is 0 Å². The van der Waals surface area contributed by atoms with E-state index in [0.717, 1.165) is 53.0 Å². The normalized spacial score (nSPS) is 31.9. The van der Waals surface area contributed by atoms with E-state index < -0.39 is 0 Å². The first kappa shape index (κ1) is 18.9. The molecule has 4 unspecified atom stereocenters. The van der Waals surface area contributed by atoms with Crippen LogP contribution in [0.3, 0.4) is 0 Å². The molecule has 7 rings (SSSR count). The van der Waals surface area contributed by atoms with Crippen LogP contribution in [0, 0.1) is 34.5 Å². The van der Waals surface area contributed by atoms with E-state index in [1.807, 2.05) is 11.3 Å². The van der Waals surface area contributed by atoms with Gasteiger partial charge >= 0.3 is 0 Å². The lowest BCUT2D eigenvalue weighted by atomic mass is 10.1. The second kappa shape index (κ2) is 5.82. The Morgan fingerprint density at radius 1 is 0.968 bits per heavy atom. The van der Waals surface area contributed by atoms with Gasteiger partial charge in [0.2, 0.25) is 5.36 Å². The van der Waals surface area contributed by atoms with Crippen LogP contribution in [0.25, 0.3) is 20.8 Å². The molecule has 4 fully saturated rings. The first-order valence-corrected chi connectivity index (χ1v) is 12.8. The fourth-order valence-corrected chi connectivity index (χ4v) is 8.03. The largest absolute Gasteiger partial charge is 0.371 e. The number of fused-ring (bicyclic) bond motifs is 4. The molecule has 0 bridgehead atoms. The fourth-order valence-electron chi connectivity index (χ4n) is 6.74. The van der Waals surface area contributed by atoms with Crippen molar-refractivity contribution in [3.63, 3.8) is 0 Å². The van der Waals surface area contributed by atoms with Gasteiger partial charge < -0.3 is 4.90 Å². The number of anilines is 1. The number of rotatable bonds is 1. The molecule has 6 aliphatic rings. The van der Waals surface area contributed by atoms with Crippen LogP contribution in [0.5, 0.6) is 0 Å². The van der Waals surface area contributed by atoms with Crippen LogP contribution in [-0.4, -0.2) is 31.2 Å². The summed E-state index contributed by atoms with van der Waals surface area (Å²) in [6.07, 6.45) is 0. The van der Waals surface area contributed by atoms with Crippen molar-refractivity contribution >= 4 is 38.8 Å². The van der Waals surface area contributed by atoms with Crippen molar-refractivity contribution in [1.82, 2.24) is 9.56 Å². The van der Waals surface area contributed by atoms with Gasteiger partial charge in [-0.2, -0.15) is 0 Å². The quantitative estimate of drug-likeness (QED) is 0.374. The monoisotopic (exact) mass is 450 g/mol. The lowest BCUT2D eigenvalue weighted by molar-refractivity contribution is 0.439. The molecule has 160 valence electrons. The number of hydrogen-bond acceptors (Lipinski definition) is 3. The van der Waals surface area contributed by atoms with E-state index in [1.165, 1.54) is 33.7 Å². The molecule has 31 heavy (non-hydrogen) atoms. The van der Waals surface area contributed by atoms with E-state index in [4.69, 9.17) is 16.6 Å². The molecule has 3 aliphatic heterocycles. The molecule has 0 radical (unpaired) electrons. The molecule has 0 amide bonds. The molecule has 1 aromatic rings. The Hall–Kier alpha value is -1.65. The third-order valence-corrected chi connectivity index (χ3v) is 10.8. The minimum atomic E-state index is 0.516. The number of benzene rings is 2. The lowest BCUT2D eigenvalue weighted by Crippen LogP contribution is -2.32. The zero-order valence-electron chi connectivity index (χ0n) is 18.7. The van der Waals surface area contributed by atoms with Crippen molar-refractivity contribution in [2.45, 2.75) is 27.7 Å². The van der Waals surface area contributed by atoms with Crippen molar-refractivity contribution in [2.24, 2.45) is 34.5 Å². The summed E-state index contributed by atoms with van der Waals surface area (Å²) in [5.41, 5.74) is 4.49. The molecule has 1 aromatic carbocycles. The Morgan fingerprint density at radius 2 is 1.65 bits per heavy atom. The molecule has 3 heterocycles. The van der Waals surface area contributed by atoms with E-state index in [2.05, 4.69) is 67.5 Å². The van der Waals surface area contributed by atoms with Gasteiger partial charge in [0.05, 0.1) is 20.8 Å². The Morgan fingerprint density at radius 3 is 2.35 bits per heavy atom. The van der Waals surface area contributed by atoms with Gasteiger partial charge in [-0.15, -0.1) is 11.3 Å². The van der Waals surface area contributed by atoms with E-state index in [-0.39, 0.29) is 0 Å². The number of nitrogens with zero attached hydrogens (tertiary/aromatic N) is 3. The van der Waals surface area contributed by atoms with E-state index in [1.54, 1.807) is 0 Å². The van der Waals surface area contributed by atoms with E-state index in [9.17, 15) is 0 Å². The third kappa shape index (κ3) is 2.58. The summed E-state index contributed by atoms with van der Waals surface area (Å²) in [5.74, 6) is 3.36. The van der Waals surface area contributed by atoms with E-state index >= 15 is 0 Å². The highest BCUT2D eigenvalue weighted by molar-refractivity contribution is 7.21. The second-order valence-corrected chi connectivity index (χ2v) is 13.0. The van der Waals surface area contributed by atoms with Gasteiger partial charge in [0.1, 0.15) is 18.1 Å². The molecule has 0 aromatic heterocycles. The predicted octanol–water partition coefficient (Wildman–Crippen LogP) is 5.20. The van der Waals surface area contributed by atoms with Crippen LogP contribution in [0.4, 0.5) is 5.69 Å². The summed E-state index contributed by atoms with van der Waals surface area (Å²) in [7, 11) is 0. The Labute approximate surface area is 192 Å². The maximum absolute atomic E-state index is 6.74. The molecule has 2 saturated carbocycles. The van der Waals surface area contributed by atoms with Crippen molar-refractivity contribution in [3.8, 4) is 10.6 Å². The highest BCUT2D eigenvalue weighted by atomic mass is 35.5. The number of halogens is 1. The predicted molar refractivity (Wildman–Crippen MR) is 130 cm³/mol. The smallest absolute Gasteiger partial charge is 0.220 e. The van der Waals surface area contributed by atoms with E-state index in [0.29, 0.717) is 10.8 Å². The van der Waals surface area contributed by atoms with Gasteiger partial charge in [-0.1, -0.05) is 39.3 Å². The average Bonchev–Trinajstić information content (AvgIpc) is 3.23. The summed E-state index contributed by atoms with van der Waals surface area (Å²) >= 11 is 8.59. The summed E-state index contributed by atoms with van der Waals surface area (Å²) in [6, 6.07) is 11.1. The Bertz CT molecular complexity index is 1280. The number of piperidine rings is 2. The molecule has 5 heteroatoms. The standard InChI is InChI=1S/C26H29ClN3S/c1-25(2)15-10-29(11-16(15)25)14-5-6-20-23(7-14)31-24-9-22(19(27)8-21(24)28-20)30-12-17-18(13-30)26(17,3)4/h5-9,15-18H,10-13H2,1-4H3/q+1. The average molecular weight is 451 g/mol. The Balaban J connectivity index is 1.28. The van der Waals surface area contributed by atoms with Crippen LogP contribution in [0.1, 0.15) is 27.7 Å². The molecule has 0 spiro atoms. The molecule has 0 N–H and O–H groups in total. The summed E-state index contributed by atoms with van der Waals surface area (Å²) in [6.45, 7) is 14.3. The zero-order valence-corrected chi connectivity index (χ0v) is 20.2. The van der Waals surface area contributed by atoms with Gasteiger partial charge in [-0.05, 0) is 46.9 Å². The van der Waals surface area contributed by atoms with Crippen LogP contribution in [0.2, 0.25) is 5.02 Å². The van der Waals surface area contributed by atoms with Crippen LogP contribution >= 0.6 is 22.9 Å². The highest BCUT2D eigenvalue weighted by Gasteiger charge is 2.66. The molecular formula is C26H29ClN3S+. The van der Waals surface area contributed by atoms with Crippen LogP contribution in [0.15, 0.2) is 30.3 Å². The number of hydrogen-bond donors (Lipinski definition) is 0. The maximum atomic E-state index is 6.74. The molecular weight excluding hydrogens is 422 g/mol. The molecule has 2 saturated heterocycles. The zero-order chi connectivity index (χ0) is 21.3. The van der Waals surface area contributed by atoms with Crippen molar-refractivity contribution in [2.75, 3.05) is 31.1 Å². The van der Waals surface area contributed by atoms with Crippen molar-refractivity contribution in [1.29, 1.82) is 0 Å². The van der Waals surface area contributed by atoms with Crippen molar-refractivity contribution in [3.05, 3.63) is 40.7 Å². The number of aromatic nitrogens is 1. The van der Waals surface area contributed by atoms with Gasteiger partial charge in [-0.3, -0.25) is 0 Å². The van der Waals surface area contributed by atoms with Gasteiger partial charge in [0.25, 0.3) is 0 Å². The van der Waals surface area contributed by atoms with Crippen LogP contribution < -0.4 is 14.8 Å². The minimum Gasteiger partial charge on any atom is -0.371 e. The highest BCUT2D eigenvalue weighted by Crippen LogP contribution is 2.62. The molecule has 3 aliphatic carbocycles. The third-order valence-electron chi connectivity index (χ3n) is 9.38. The van der Waals surface area contributed by atoms with Crippen LogP contribution in [-0.2, 0) is 0 Å². The summed E-state index contributed by atoms with van der Waals surface area (Å²) in [4.78, 5) is 8.76. The second-order valence-electron chi connectivity index (χ2n) is 11.5. The lowest BCUT2D eigenvalue weighted by Gasteiger charge is -2.24. The van der Waals surface area contributed by atoms with Gasteiger partial charge in [0, 0.05) is 36.7 Å². The first-order valence-electron chi connectivity index (χ1n) is 11.6. The van der Waals surface area contributed by atoms with Gasteiger partial charge in [0.15, 0.2) is 0 Å². The first-order chi connectivity index (χ1) is 14.7. The summed E-state index contributed by atoms with van der Waals surface area (Å²) in [5, 5.41) is 2.02. The SMILES string of the molecule is CC1(C)C2CN(c3ccc4nc5cc(Cl)c(=[N+]6CC7C(C6)C7(C)C)cc-5sc4c3)CC21. The molecule has 4 atom stereocenters. The molecule has 3 nitrogen and oxygen atoms in total. The minimum absolute atomic E-state index is 0.516. The van der Waals surface area contributed by atoms with Gasteiger partial charge in [-0.25, -0.2) is 9.56 Å². The topological polar surface area (TPSA) is 19.1 Å². The summed E-state index contributed by atoms with van der Waals surface area (Å²) < 4.78 is 3.76. The fraction of sp³-hybridized carbons (Fsp3) is 0.538.